The number of aromatic nitrogens is 3. The summed E-state index contributed by atoms with van der Waals surface area (Å²) in [6.07, 6.45) is 2.17. The van der Waals surface area contributed by atoms with Gasteiger partial charge in [-0.1, -0.05) is 5.16 Å². The molecule has 0 saturated carbocycles. The number of aryl methyl sites for hydroxylation is 2. The third-order valence-electron chi connectivity index (χ3n) is 5.28. The number of benzene rings is 1. The van der Waals surface area contributed by atoms with E-state index in [2.05, 4.69) is 45.0 Å². The maximum Gasteiger partial charge on any atom is 0.231 e. The summed E-state index contributed by atoms with van der Waals surface area (Å²) in [7, 11) is 3.75. The highest BCUT2D eigenvalue weighted by Gasteiger charge is 2.37. The van der Waals surface area contributed by atoms with Gasteiger partial charge in [-0.15, -0.1) is 0 Å². The second-order valence-electron chi connectivity index (χ2n) is 7.07. The van der Waals surface area contributed by atoms with Gasteiger partial charge in [0.25, 0.3) is 0 Å². The molecular formula is C19H24N4O3. The molecule has 0 spiro atoms. The van der Waals surface area contributed by atoms with Gasteiger partial charge >= 0.3 is 0 Å². The number of fused-ring (bicyclic) bond motifs is 1. The number of aliphatic hydroxyl groups is 1. The average Bonchev–Trinajstić information content (AvgIpc) is 3.33. The highest BCUT2D eigenvalue weighted by atomic mass is 16.5. The summed E-state index contributed by atoms with van der Waals surface area (Å²) in [6, 6.07) is 6.16. The predicted octanol–water partition coefficient (Wildman–Crippen LogP) is 2.09. The summed E-state index contributed by atoms with van der Waals surface area (Å²) in [5, 5.41) is 14.9. The minimum absolute atomic E-state index is 0.0747. The Morgan fingerprint density at radius 2 is 2.19 bits per heavy atom. The number of likely N-dealkylation sites (tertiary alicyclic amines) is 1. The first-order chi connectivity index (χ1) is 12.6. The molecule has 7 heteroatoms. The lowest BCUT2D eigenvalue weighted by Crippen LogP contribution is -2.20. The molecule has 1 fully saturated rings. The molecule has 138 valence electrons. The minimum atomic E-state index is 0.0747. The SMILES string of the molecule is COc1ccc2c(c1)c(CN1C[C@@H](CO)[C@H](c3nc(C)no3)C1)cn2C. The largest absolute Gasteiger partial charge is 0.497 e. The van der Waals surface area contributed by atoms with Crippen LogP contribution in [0.15, 0.2) is 28.9 Å². The molecule has 2 aromatic heterocycles. The van der Waals surface area contributed by atoms with Gasteiger partial charge in [0.05, 0.1) is 13.0 Å². The van der Waals surface area contributed by atoms with E-state index in [1.807, 2.05) is 13.0 Å². The standard InChI is InChI=1S/C19H24N4O3/c1-12-20-19(26-21-12)17-10-23(9-14(17)11-24)8-13-7-22(2)18-5-4-15(25-3)6-16(13)18/h4-7,14,17,24H,8-11H2,1-3H3/t14-,17+/m0/s1. The quantitative estimate of drug-likeness (QED) is 0.754. The van der Waals surface area contributed by atoms with Crippen molar-refractivity contribution in [3.8, 4) is 5.75 Å². The van der Waals surface area contributed by atoms with Crippen LogP contribution in [0.2, 0.25) is 0 Å². The van der Waals surface area contributed by atoms with Gasteiger partial charge in [-0.05, 0) is 30.7 Å². The van der Waals surface area contributed by atoms with Gasteiger partial charge in [0.1, 0.15) is 5.75 Å². The Hall–Kier alpha value is -2.38. The molecule has 3 heterocycles. The van der Waals surface area contributed by atoms with Crippen molar-refractivity contribution in [1.29, 1.82) is 0 Å². The zero-order valence-electron chi connectivity index (χ0n) is 15.3. The third kappa shape index (κ3) is 2.97. The van der Waals surface area contributed by atoms with Crippen LogP contribution in [0.4, 0.5) is 0 Å². The first kappa shape index (κ1) is 17.1. The normalized spacial score (nSPS) is 20.9. The third-order valence-corrected chi connectivity index (χ3v) is 5.28. The van der Waals surface area contributed by atoms with Gasteiger partial charge in [0.2, 0.25) is 5.89 Å². The highest BCUT2D eigenvalue weighted by molar-refractivity contribution is 5.85. The van der Waals surface area contributed by atoms with E-state index in [0.717, 1.165) is 25.4 Å². The molecule has 0 unspecified atom stereocenters. The van der Waals surface area contributed by atoms with Crippen LogP contribution in [-0.2, 0) is 13.6 Å². The van der Waals surface area contributed by atoms with Crippen LogP contribution < -0.4 is 4.74 Å². The smallest absolute Gasteiger partial charge is 0.231 e. The Morgan fingerprint density at radius 1 is 1.35 bits per heavy atom. The summed E-state index contributed by atoms with van der Waals surface area (Å²) in [6.45, 7) is 4.35. The summed E-state index contributed by atoms with van der Waals surface area (Å²) >= 11 is 0. The fraction of sp³-hybridized carbons (Fsp3) is 0.474. The van der Waals surface area contributed by atoms with E-state index < -0.39 is 0 Å². The van der Waals surface area contributed by atoms with Gasteiger partial charge in [-0.2, -0.15) is 4.98 Å². The second-order valence-corrected chi connectivity index (χ2v) is 7.07. The molecule has 26 heavy (non-hydrogen) atoms. The molecule has 0 aliphatic carbocycles. The fourth-order valence-corrected chi connectivity index (χ4v) is 3.96. The Labute approximate surface area is 152 Å². The summed E-state index contributed by atoms with van der Waals surface area (Å²) in [5.74, 6) is 2.31. The van der Waals surface area contributed by atoms with Crippen LogP contribution >= 0.6 is 0 Å². The molecule has 1 aromatic carbocycles. The van der Waals surface area contributed by atoms with Crippen LogP contribution in [0.1, 0.15) is 23.2 Å². The van der Waals surface area contributed by atoms with Crippen molar-refractivity contribution in [2.24, 2.45) is 13.0 Å². The minimum Gasteiger partial charge on any atom is -0.497 e. The Morgan fingerprint density at radius 3 is 2.88 bits per heavy atom. The number of hydrogen-bond donors (Lipinski definition) is 1. The van der Waals surface area contributed by atoms with E-state index in [1.54, 1.807) is 7.11 Å². The van der Waals surface area contributed by atoms with Crippen molar-refractivity contribution in [3.63, 3.8) is 0 Å². The molecule has 1 aliphatic rings. The van der Waals surface area contributed by atoms with Gasteiger partial charge in [-0.3, -0.25) is 4.90 Å². The maximum atomic E-state index is 9.80. The molecule has 0 bridgehead atoms. The van der Waals surface area contributed by atoms with Gasteiger partial charge < -0.3 is 18.9 Å². The Kier molecular flexibility index (Phi) is 4.42. The van der Waals surface area contributed by atoms with E-state index >= 15 is 0 Å². The predicted molar refractivity (Wildman–Crippen MR) is 97.1 cm³/mol. The van der Waals surface area contributed by atoms with Crippen LogP contribution in [0, 0.1) is 12.8 Å². The lowest BCUT2D eigenvalue weighted by atomic mass is 9.97. The molecule has 3 aromatic rings. The lowest BCUT2D eigenvalue weighted by molar-refractivity contribution is 0.205. The topological polar surface area (TPSA) is 76.6 Å². The van der Waals surface area contributed by atoms with Crippen LogP contribution in [0.25, 0.3) is 10.9 Å². The number of methoxy groups -OCH3 is 1. The van der Waals surface area contributed by atoms with Crippen molar-refractivity contribution < 1.29 is 14.4 Å². The number of nitrogens with zero attached hydrogens (tertiary/aromatic N) is 4. The number of hydrogen-bond acceptors (Lipinski definition) is 6. The van der Waals surface area contributed by atoms with Crippen molar-refractivity contribution in [1.82, 2.24) is 19.6 Å². The molecule has 1 N–H and O–H groups in total. The summed E-state index contributed by atoms with van der Waals surface area (Å²) in [4.78, 5) is 6.72. The molecule has 1 aliphatic heterocycles. The second kappa shape index (κ2) is 6.74. The molecule has 0 radical (unpaired) electrons. The molecule has 0 amide bonds. The van der Waals surface area contributed by atoms with Gasteiger partial charge in [0, 0.05) is 56.3 Å². The van der Waals surface area contributed by atoms with Gasteiger partial charge in [-0.25, -0.2) is 0 Å². The summed E-state index contributed by atoms with van der Waals surface area (Å²) < 4.78 is 12.9. The van der Waals surface area contributed by atoms with Crippen LogP contribution in [0.3, 0.4) is 0 Å². The first-order valence-electron chi connectivity index (χ1n) is 8.84. The Bertz CT molecular complexity index is 917. The van der Waals surface area contributed by atoms with Crippen molar-refractivity contribution >= 4 is 10.9 Å². The Balaban J connectivity index is 1.59. The summed E-state index contributed by atoms with van der Waals surface area (Å²) in [5.41, 5.74) is 2.43. The van der Waals surface area contributed by atoms with E-state index in [9.17, 15) is 5.11 Å². The number of ether oxygens (including phenoxy) is 1. The van der Waals surface area contributed by atoms with Crippen molar-refractivity contribution in [2.75, 3.05) is 26.8 Å². The molecule has 2 atom stereocenters. The van der Waals surface area contributed by atoms with E-state index in [4.69, 9.17) is 9.26 Å². The van der Waals surface area contributed by atoms with E-state index in [-0.39, 0.29) is 18.4 Å². The van der Waals surface area contributed by atoms with Crippen molar-refractivity contribution in [3.05, 3.63) is 41.7 Å². The monoisotopic (exact) mass is 356 g/mol. The first-order valence-corrected chi connectivity index (χ1v) is 8.84. The molecular weight excluding hydrogens is 332 g/mol. The highest BCUT2D eigenvalue weighted by Crippen LogP contribution is 2.34. The van der Waals surface area contributed by atoms with Crippen molar-refractivity contribution in [2.45, 2.75) is 19.4 Å². The van der Waals surface area contributed by atoms with Gasteiger partial charge in [0.15, 0.2) is 5.82 Å². The number of rotatable bonds is 5. The fourth-order valence-electron chi connectivity index (χ4n) is 3.96. The van der Waals surface area contributed by atoms with E-state index in [0.29, 0.717) is 11.7 Å². The number of aliphatic hydroxyl groups excluding tert-OH is 1. The molecule has 7 nitrogen and oxygen atoms in total. The lowest BCUT2D eigenvalue weighted by Gasteiger charge is -2.14. The van der Waals surface area contributed by atoms with Crippen LogP contribution in [0.5, 0.6) is 5.75 Å². The van der Waals surface area contributed by atoms with E-state index in [1.165, 1.54) is 16.5 Å². The average molecular weight is 356 g/mol. The molecule has 1 saturated heterocycles. The zero-order chi connectivity index (χ0) is 18.3. The van der Waals surface area contributed by atoms with Crippen LogP contribution in [-0.4, -0.2) is 51.5 Å². The molecule has 4 rings (SSSR count). The zero-order valence-corrected chi connectivity index (χ0v) is 15.3. The maximum absolute atomic E-state index is 9.80.